The molecule has 1 N–H and O–H groups in total. The fourth-order valence-corrected chi connectivity index (χ4v) is 7.62. The second-order valence-corrected chi connectivity index (χ2v) is 12.3. The fraction of sp³-hybridized carbons (Fsp3) is 0.333. The lowest BCUT2D eigenvalue weighted by Crippen LogP contribution is -2.43. The zero-order valence-corrected chi connectivity index (χ0v) is 21.5. The van der Waals surface area contributed by atoms with Crippen molar-refractivity contribution >= 4 is 43.1 Å². The van der Waals surface area contributed by atoms with Gasteiger partial charge in [-0.3, -0.25) is 9.69 Å². The van der Waals surface area contributed by atoms with Gasteiger partial charge in [-0.1, -0.05) is 47.5 Å². The number of likely N-dealkylation sites (N-methyl/N-ethyl adjacent to an activating group) is 1. The van der Waals surface area contributed by atoms with E-state index in [2.05, 4.69) is 5.32 Å². The van der Waals surface area contributed by atoms with Crippen LogP contribution in [0.1, 0.15) is 23.6 Å². The average Bonchev–Trinajstić information content (AvgIpc) is 2.81. The summed E-state index contributed by atoms with van der Waals surface area (Å²) in [6, 6.07) is 12.9. The number of methoxy groups -OCH3 is 1. The number of likely N-dealkylation sites (tertiary alicyclic amines) is 1. The molecule has 2 unspecified atom stereocenters. The maximum absolute atomic E-state index is 13.1. The Morgan fingerprint density at radius 1 is 1.21 bits per heavy atom. The van der Waals surface area contributed by atoms with Gasteiger partial charge in [0.15, 0.2) is 0 Å². The van der Waals surface area contributed by atoms with Gasteiger partial charge in [-0.2, -0.15) is 0 Å². The molecule has 34 heavy (non-hydrogen) atoms. The van der Waals surface area contributed by atoms with E-state index in [1.807, 2.05) is 11.8 Å². The van der Waals surface area contributed by atoms with E-state index in [1.165, 1.54) is 20.2 Å². The molecular weight excluding hydrogens is 496 g/mol. The van der Waals surface area contributed by atoms with Crippen LogP contribution in [0.25, 0.3) is 0 Å². The van der Waals surface area contributed by atoms with Crippen LogP contribution < -0.4 is 5.32 Å². The minimum absolute atomic E-state index is 0.208. The molecule has 2 atom stereocenters. The standard InChI is InChI=1S/C24H27ClN2O5S2/c1-16-8-10-18(11-9-16)34(30,31)33-21-12-13-27(15-17(21)14-22(28)26-2)23(24(29)32-3)19-6-4-5-7-20(19)25/h4-11,14,21,23H,12-13,15H2,1-3H3,(H,26,28)/b17-14-. The molecule has 1 aliphatic rings. The molecule has 0 aliphatic carbocycles. The Bertz CT molecular complexity index is 1180. The van der Waals surface area contributed by atoms with Gasteiger partial charge in [0, 0.05) is 36.5 Å². The summed E-state index contributed by atoms with van der Waals surface area (Å²) in [6.07, 6.45) is 1.83. The molecule has 0 saturated carbocycles. The molecule has 1 aliphatic heterocycles. The van der Waals surface area contributed by atoms with E-state index < -0.39 is 26.1 Å². The summed E-state index contributed by atoms with van der Waals surface area (Å²) in [5, 5.41) is 2.52. The molecule has 0 bridgehead atoms. The quantitative estimate of drug-likeness (QED) is 0.336. The smallest absolute Gasteiger partial charge is 0.327 e. The second-order valence-electron chi connectivity index (χ2n) is 7.89. The topological polar surface area (TPSA) is 92.8 Å². The van der Waals surface area contributed by atoms with Crippen LogP contribution in [0.2, 0.25) is 5.02 Å². The van der Waals surface area contributed by atoms with Crippen LogP contribution in [0, 0.1) is 6.92 Å². The van der Waals surface area contributed by atoms with Gasteiger partial charge >= 0.3 is 5.97 Å². The largest absolute Gasteiger partial charge is 0.468 e. The number of esters is 1. The Hall–Kier alpha value is -2.33. The molecule has 1 heterocycles. The van der Waals surface area contributed by atoms with Gasteiger partial charge in [-0.05, 0) is 53.5 Å². The van der Waals surface area contributed by atoms with Gasteiger partial charge in [0.25, 0.3) is 0 Å². The van der Waals surface area contributed by atoms with Crippen LogP contribution in [-0.2, 0) is 23.2 Å². The summed E-state index contributed by atoms with van der Waals surface area (Å²) in [5.41, 5.74) is 2.16. The Morgan fingerprint density at radius 3 is 2.50 bits per heavy atom. The molecular formula is C24H27ClN2O5S2. The number of nitrogens with zero attached hydrogens (tertiary/aromatic N) is 1. The third kappa shape index (κ3) is 6.21. The van der Waals surface area contributed by atoms with Gasteiger partial charge in [0.2, 0.25) is 14.8 Å². The number of carbonyl (C=O) groups is 2. The first kappa shape index (κ1) is 26.3. The minimum Gasteiger partial charge on any atom is -0.468 e. The highest BCUT2D eigenvalue weighted by molar-refractivity contribution is 8.72. The summed E-state index contributed by atoms with van der Waals surface area (Å²) in [6.45, 7) is 2.51. The third-order valence-electron chi connectivity index (χ3n) is 5.58. The van der Waals surface area contributed by atoms with Gasteiger partial charge in [0.1, 0.15) is 6.04 Å². The number of carbonyl (C=O) groups excluding carboxylic acids is 2. The Kier molecular flexibility index (Phi) is 8.81. The van der Waals surface area contributed by atoms with E-state index in [0.29, 0.717) is 29.1 Å². The average molecular weight is 523 g/mol. The zero-order valence-electron chi connectivity index (χ0n) is 19.2. The van der Waals surface area contributed by atoms with Crippen molar-refractivity contribution in [3.8, 4) is 0 Å². The van der Waals surface area contributed by atoms with E-state index in [0.717, 1.165) is 16.4 Å². The van der Waals surface area contributed by atoms with Crippen molar-refractivity contribution in [1.82, 2.24) is 10.2 Å². The van der Waals surface area contributed by atoms with Gasteiger partial charge < -0.3 is 10.1 Å². The molecule has 2 aromatic rings. The molecule has 10 heteroatoms. The SMILES string of the molecule is CNC(=O)/C=C1/CN(C(C(=O)OC)c2ccccc2Cl)CCC1SS(=O)(=O)c1ccc(C)cc1. The number of halogens is 1. The van der Waals surface area contributed by atoms with E-state index >= 15 is 0 Å². The van der Waals surface area contributed by atoms with Gasteiger partial charge in [-0.15, -0.1) is 0 Å². The Labute approximate surface area is 208 Å². The van der Waals surface area contributed by atoms with E-state index in [9.17, 15) is 18.0 Å². The lowest BCUT2D eigenvalue weighted by atomic mass is 9.98. The lowest BCUT2D eigenvalue weighted by molar-refractivity contribution is -0.147. The Balaban J connectivity index is 1.92. The van der Waals surface area contributed by atoms with E-state index in [4.69, 9.17) is 16.3 Å². The molecule has 0 radical (unpaired) electrons. The number of rotatable bonds is 7. The van der Waals surface area contributed by atoms with Gasteiger partial charge in [-0.25, -0.2) is 13.2 Å². The molecule has 1 saturated heterocycles. The summed E-state index contributed by atoms with van der Waals surface area (Å²) in [7, 11) is -0.0167. The number of amides is 1. The summed E-state index contributed by atoms with van der Waals surface area (Å²) in [4.78, 5) is 27.0. The molecule has 7 nitrogen and oxygen atoms in total. The number of benzene rings is 2. The van der Waals surface area contributed by atoms with Crippen molar-refractivity contribution in [3.63, 3.8) is 0 Å². The molecule has 1 amide bonds. The van der Waals surface area contributed by atoms with E-state index in [-0.39, 0.29) is 17.3 Å². The minimum atomic E-state index is -3.66. The van der Waals surface area contributed by atoms with Crippen LogP contribution in [0.15, 0.2) is 65.1 Å². The highest BCUT2D eigenvalue weighted by Crippen LogP contribution is 2.39. The van der Waals surface area contributed by atoms with Crippen LogP contribution in [0.5, 0.6) is 0 Å². The highest BCUT2D eigenvalue weighted by Gasteiger charge is 2.37. The normalized spacial score (nSPS) is 18.9. The summed E-state index contributed by atoms with van der Waals surface area (Å²) >= 11 is 6.38. The number of aryl methyl sites for hydroxylation is 1. The van der Waals surface area contributed by atoms with Crippen molar-refractivity contribution in [2.24, 2.45) is 0 Å². The lowest BCUT2D eigenvalue weighted by Gasteiger charge is -2.37. The van der Waals surface area contributed by atoms with Crippen LogP contribution >= 0.6 is 22.4 Å². The fourth-order valence-electron chi connectivity index (χ4n) is 3.79. The number of piperidine rings is 1. The predicted molar refractivity (Wildman–Crippen MR) is 134 cm³/mol. The number of ether oxygens (including phenoxy) is 1. The predicted octanol–water partition coefficient (Wildman–Crippen LogP) is 3.73. The van der Waals surface area contributed by atoms with Crippen molar-refractivity contribution in [1.29, 1.82) is 0 Å². The number of nitrogens with one attached hydrogen (secondary N) is 1. The zero-order chi connectivity index (χ0) is 24.9. The molecule has 3 rings (SSSR count). The number of hydrogen-bond acceptors (Lipinski definition) is 7. The second kappa shape index (κ2) is 11.4. The molecule has 182 valence electrons. The van der Waals surface area contributed by atoms with Gasteiger partial charge in [0.05, 0.1) is 12.0 Å². The van der Waals surface area contributed by atoms with Crippen LogP contribution in [-0.4, -0.2) is 57.7 Å². The first-order valence-electron chi connectivity index (χ1n) is 10.6. The van der Waals surface area contributed by atoms with Crippen molar-refractivity contribution in [2.75, 3.05) is 27.2 Å². The molecule has 2 aromatic carbocycles. The highest BCUT2D eigenvalue weighted by atomic mass is 35.5. The Morgan fingerprint density at radius 2 is 1.88 bits per heavy atom. The van der Waals surface area contributed by atoms with Crippen LogP contribution in [0.4, 0.5) is 0 Å². The first-order valence-corrected chi connectivity index (χ1v) is 13.9. The monoisotopic (exact) mass is 522 g/mol. The first-order chi connectivity index (χ1) is 16.2. The molecule has 0 spiro atoms. The van der Waals surface area contributed by atoms with E-state index in [1.54, 1.807) is 48.5 Å². The van der Waals surface area contributed by atoms with Crippen molar-refractivity contribution in [2.45, 2.75) is 29.5 Å². The third-order valence-corrected chi connectivity index (χ3v) is 9.83. The van der Waals surface area contributed by atoms with Crippen LogP contribution in [0.3, 0.4) is 0 Å². The summed E-state index contributed by atoms with van der Waals surface area (Å²) in [5.74, 6) is -0.826. The number of hydrogen-bond donors (Lipinski definition) is 1. The maximum Gasteiger partial charge on any atom is 0.327 e. The maximum atomic E-state index is 13.1. The molecule has 0 aromatic heterocycles. The summed E-state index contributed by atoms with van der Waals surface area (Å²) < 4.78 is 31.2. The van der Waals surface area contributed by atoms with Crippen molar-refractivity contribution < 1.29 is 22.7 Å². The molecule has 1 fully saturated rings. The van der Waals surface area contributed by atoms with Crippen molar-refractivity contribution in [3.05, 3.63) is 76.3 Å².